The number of aromatic amines is 2. The first-order chi connectivity index (χ1) is 7.72. The number of aromatic nitrogens is 3. The second-order valence-corrected chi connectivity index (χ2v) is 5.46. The zero-order valence-corrected chi connectivity index (χ0v) is 10.4. The van der Waals surface area contributed by atoms with E-state index >= 15 is 0 Å². The molecule has 0 unspecified atom stereocenters. The SMILES string of the molecule is O=c1[nH]c2ccc(-c3csc(Br)n3)cc2[nH]1. The number of hydrogen-bond donors (Lipinski definition) is 2. The second kappa shape index (κ2) is 3.57. The van der Waals surface area contributed by atoms with Gasteiger partial charge in [0.1, 0.15) is 0 Å². The van der Waals surface area contributed by atoms with Gasteiger partial charge >= 0.3 is 5.69 Å². The van der Waals surface area contributed by atoms with Crippen molar-refractivity contribution in [3.8, 4) is 11.3 Å². The Balaban J connectivity index is 2.21. The van der Waals surface area contributed by atoms with Gasteiger partial charge in [0.05, 0.1) is 16.7 Å². The number of benzene rings is 1. The van der Waals surface area contributed by atoms with Gasteiger partial charge in [-0.1, -0.05) is 6.07 Å². The van der Waals surface area contributed by atoms with E-state index in [1.165, 1.54) is 11.3 Å². The van der Waals surface area contributed by atoms with Crippen molar-refractivity contribution in [3.63, 3.8) is 0 Å². The lowest BCUT2D eigenvalue weighted by atomic mass is 10.1. The van der Waals surface area contributed by atoms with Crippen molar-refractivity contribution in [3.05, 3.63) is 38.0 Å². The monoisotopic (exact) mass is 295 g/mol. The molecule has 0 fully saturated rings. The number of imidazole rings is 1. The Morgan fingerprint density at radius 3 is 2.81 bits per heavy atom. The minimum atomic E-state index is -0.188. The lowest BCUT2D eigenvalue weighted by Gasteiger charge is -1.95. The summed E-state index contributed by atoms with van der Waals surface area (Å²) in [7, 11) is 0. The fraction of sp³-hybridized carbons (Fsp3) is 0. The lowest BCUT2D eigenvalue weighted by Crippen LogP contribution is -1.99. The highest BCUT2D eigenvalue weighted by Gasteiger charge is 2.05. The molecule has 2 heterocycles. The summed E-state index contributed by atoms with van der Waals surface area (Å²) in [5, 5.41) is 1.97. The van der Waals surface area contributed by atoms with Crippen LogP contribution in [0, 0.1) is 0 Å². The number of nitrogens with one attached hydrogen (secondary N) is 2. The fourth-order valence-corrected chi connectivity index (χ4v) is 2.60. The summed E-state index contributed by atoms with van der Waals surface area (Å²) in [5.74, 6) is 0. The lowest BCUT2D eigenvalue weighted by molar-refractivity contribution is 1.21. The maximum absolute atomic E-state index is 11.1. The molecule has 0 atom stereocenters. The van der Waals surface area contributed by atoms with E-state index in [-0.39, 0.29) is 5.69 Å². The first-order valence-electron chi connectivity index (χ1n) is 4.56. The average Bonchev–Trinajstić information content (AvgIpc) is 2.81. The van der Waals surface area contributed by atoms with Crippen molar-refractivity contribution >= 4 is 38.3 Å². The minimum Gasteiger partial charge on any atom is -0.306 e. The Labute approximate surface area is 102 Å². The van der Waals surface area contributed by atoms with Crippen LogP contribution in [-0.2, 0) is 0 Å². The van der Waals surface area contributed by atoms with Gasteiger partial charge in [-0.25, -0.2) is 9.78 Å². The predicted octanol–water partition coefficient (Wildman–Crippen LogP) is 2.74. The molecule has 0 aliphatic carbocycles. The van der Waals surface area contributed by atoms with Crippen LogP contribution in [0.4, 0.5) is 0 Å². The van der Waals surface area contributed by atoms with Crippen LogP contribution in [0.5, 0.6) is 0 Å². The molecule has 6 heteroatoms. The smallest absolute Gasteiger partial charge is 0.306 e. The molecule has 2 N–H and O–H groups in total. The van der Waals surface area contributed by atoms with E-state index in [9.17, 15) is 4.79 Å². The van der Waals surface area contributed by atoms with Crippen molar-refractivity contribution < 1.29 is 0 Å². The van der Waals surface area contributed by atoms with E-state index in [0.717, 1.165) is 26.2 Å². The number of H-pyrrole nitrogens is 2. The Bertz CT molecular complexity index is 712. The third-order valence-corrected chi connectivity index (χ3v) is 3.65. The molecule has 80 valence electrons. The predicted molar refractivity (Wildman–Crippen MR) is 67.7 cm³/mol. The van der Waals surface area contributed by atoms with E-state index in [0.29, 0.717) is 0 Å². The molecule has 0 radical (unpaired) electrons. The first kappa shape index (κ1) is 9.80. The highest BCUT2D eigenvalue weighted by atomic mass is 79.9. The summed E-state index contributed by atoms with van der Waals surface area (Å²) in [5.41, 5.74) is 3.31. The fourth-order valence-electron chi connectivity index (χ4n) is 1.58. The molecule has 3 aromatic rings. The molecule has 0 amide bonds. The zero-order chi connectivity index (χ0) is 11.1. The molecule has 0 bridgehead atoms. The van der Waals surface area contributed by atoms with E-state index < -0.39 is 0 Å². The van der Waals surface area contributed by atoms with Gasteiger partial charge < -0.3 is 9.97 Å². The molecule has 1 aromatic carbocycles. The molecule has 16 heavy (non-hydrogen) atoms. The molecule has 0 saturated heterocycles. The number of hydrogen-bond acceptors (Lipinski definition) is 3. The van der Waals surface area contributed by atoms with Crippen molar-refractivity contribution in [2.45, 2.75) is 0 Å². The van der Waals surface area contributed by atoms with Crippen molar-refractivity contribution in [1.29, 1.82) is 0 Å². The molecule has 0 saturated carbocycles. The number of halogens is 1. The molecule has 0 aliphatic heterocycles. The van der Waals surface area contributed by atoms with E-state index in [1.54, 1.807) is 0 Å². The van der Waals surface area contributed by atoms with Crippen LogP contribution in [0.1, 0.15) is 0 Å². The van der Waals surface area contributed by atoms with Gasteiger partial charge in [0.25, 0.3) is 0 Å². The van der Waals surface area contributed by atoms with Crippen molar-refractivity contribution in [2.24, 2.45) is 0 Å². The van der Waals surface area contributed by atoms with Crippen molar-refractivity contribution in [2.75, 3.05) is 0 Å². The molecule has 4 nitrogen and oxygen atoms in total. The Kier molecular flexibility index (Phi) is 2.19. The molecule has 3 rings (SSSR count). The summed E-state index contributed by atoms with van der Waals surface area (Å²) in [6.45, 7) is 0. The summed E-state index contributed by atoms with van der Waals surface area (Å²) in [6, 6.07) is 5.72. The largest absolute Gasteiger partial charge is 0.323 e. The van der Waals surface area contributed by atoms with Crippen LogP contribution < -0.4 is 5.69 Å². The number of rotatable bonds is 1. The molecule has 0 aliphatic rings. The van der Waals surface area contributed by atoms with Crippen molar-refractivity contribution in [1.82, 2.24) is 15.0 Å². The summed E-state index contributed by atoms with van der Waals surface area (Å²) in [6.07, 6.45) is 0. The summed E-state index contributed by atoms with van der Waals surface area (Å²) in [4.78, 5) is 20.9. The molecule has 2 aromatic heterocycles. The minimum absolute atomic E-state index is 0.188. The van der Waals surface area contributed by atoms with E-state index in [1.807, 2.05) is 23.6 Å². The first-order valence-corrected chi connectivity index (χ1v) is 6.23. The van der Waals surface area contributed by atoms with Crippen LogP contribution in [-0.4, -0.2) is 15.0 Å². The average molecular weight is 296 g/mol. The number of nitrogens with zero attached hydrogens (tertiary/aromatic N) is 1. The van der Waals surface area contributed by atoms with Crippen LogP contribution in [0.15, 0.2) is 32.3 Å². The standard InChI is InChI=1S/C10H6BrN3OS/c11-9-12-8(4-16-9)5-1-2-6-7(3-5)14-10(15)13-6/h1-4H,(H2,13,14,15). The van der Waals surface area contributed by atoms with Gasteiger partial charge in [-0.05, 0) is 28.1 Å². The van der Waals surface area contributed by atoms with Crippen LogP contribution in [0.25, 0.3) is 22.3 Å². The second-order valence-electron chi connectivity index (χ2n) is 3.33. The molecular weight excluding hydrogens is 290 g/mol. The quantitative estimate of drug-likeness (QED) is 0.725. The molecular formula is C10H6BrN3OS. The zero-order valence-electron chi connectivity index (χ0n) is 7.95. The summed E-state index contributed by atoms with van der Waals surface area (Å²) < 4.78 is 0.852. The molecule has 0 spiro atoms. The van der Waals surface area contributed by atoms with Gasteiger partial charge in [0, 0.05) is 10.9 Å². The van der Waals surface area contributed by atoms with E-state index in [4.69, 9.17) is 0 Å². The van der Waals surface area contributed by atoms with Crippen LogP contribution >= 0.6 is 27.3 Å². The van der Waals surface area contributed by atoms with Crippen LogP contribution in [0.3, 0.4) is 0 Å². The Morgan fingerprint density at radius 2 is 2.06 bits per heavy atom. The topological polar surface area (TPSA) is 61.5 Å². The highest BCUT2D eigenvalue weighted by Crippen LogP contribution is 2.26. The third-order valence-electron chi connectivity index (χ3n) is 2.29. The maximum atomic E-state index is 11.1. The summed E-state index contributed by atoms with van der Waals surface area (Å²) >= 11 is 4.86. The van der Waals surface area contributed by atoms with Gasteiger partial charge in [-0.15, -0.1) is 11.3 Å². The Hall–Kier alpha value is -1.40. The Morgan fingerprint density at radius 1 is 1.25 bits per heavy atom. The van der Waals surface area contributed by atoms with Gasteiger partial charge in [-0.3, -0.25) is 0 Å². The maximum Gasteiger partial charge on any atom is 0.323 e. The number of thiazole rings is 1. The van der Waals surface area contributed by atoms with Gasteiger partial charge in [0.2, 0.25) is 0 Å². The third kappa shape index (κ3) is 1.60. The normalized spacial score (nSPS) is 11.1. The van der Waals surface area contributed by atoms with Gasteiger partial charge in [-0.2, -0.15) is 0 Å². The number of fused-ring (bicyclic) bond motifs is 1. The van der Waals surface area contributed by atoms with Gasteiger partial charge in [0.15, 0.2) is 3.92 Å². The van der Waals surface area contributed by atoms with Crippen LogP contribution in [0.2, 0.25) is 0 Å². The van der Waals surface area contributed by atoms with E-state index in [2.05, 4.69) is 30.9 Å². The highest BCUT2D eigenvalue weighted by molar-refractivity contribution is 9.11.